The summed E-state index contributed by atoms with van der Waals surface area (Å²) in [5.41, 5.74) is 0.0316. The first-order valence-electron chi connectivity index (χ1n) is 3.56. The Bertz CT molecular complexity index is 315. The minimum Gasteiger partial charge on any atom is -0.252 e. The fourth-order valence-electron chi connectivity index (χ4n) is 0.945. The molecule has 5 heteroatoms. The summed E-state index contributed by atoms with van der Waals surface area (Å²) in [4.78, 5) is 3.34. The third-order valence-corrected chi connectivity index (χ3v) is 2.26. The van der Waals surface area contributed by atoms with E-state index in [9.17, 15) is 13.2 Å². The van der Waals surface area contributed by atoms with Gasteiger partial charge in [0.15, 0.2) is 5.82 Å². The molecule has 1 heterocycles. The van der Waals surface area contributed by atoms with Gasteiger partial charge in [0.2, 0.25) is 0 Å². The summed E-state index contributed by atoms with van der Waals surface area (Å²) in [6, 6.07) is 0. The van der Waals surface area contributed by atoms with Crippen LogP contribution in [0.4, 0.5) is 13.2 Å². The first-order valence-corrected chi connectivity index (χ1v) is 4.68. The molecule has 1 nitrogen and oxygen atoms in total. The van der Waals surface area contributed by atoms with Crippen LogP contribution in [0.5, 0.6) is 0 Å². The molecular formula is C8H7BrF3N. The molecule has 0 saturated heterocycles. The molecule has 1 aromatic rings. The minimum atomic E-state index is -2.86. The summed E-state index contributed by atoms with van der Waals surface area (Å²) in [7, 11) is 0. The molecule has 0 aromatic carbocycles. The van der Waals surface area contributed by atoms with Crippen molar-refractivity contribution < 1.29 is 13.2 Å². The van der Waals surface area contributed by atoms with E-state index in [1.165, 1.54) is 6.20 Å². The third-order valence-electron chi connectivity index (χ3n) is 1.70. The van der Waals surface area contributed by atoms with Crippen LogP contribution >= 0.6 is 15.9 Å². The van der Waals surface area contributed by atoms with Crippen molar-refractivity contribution in [3.8, 4) is 0 Å². The number of nitrogens with zero attached hydrogens (tertiary/aromatic N) is 1. The molecule has 0 spiro atoms. The van der Waals surface area contributed by atoms with E-state index in [1.54, 1.807) is 6.92 Å². The topological polar surface area (TPSA) is 12.9 Å². The number of alkyl halides is 3. The Morgan fingerprint density at radius 3 is 2.62 bits per heavy atom. The lowest BCUT2D eigenvalue weighted by atomic mass is 10.1. The number of halogens is 4. The second-order valence-electron chi connectivity index (χ2n) is 2.55. The fraction of sp³-hybridized carbons (Fsp3) is 0.375. The van der Waals surface area contributed by atoms with Gasteiger partial charge >= 0.3 is 0 Å². The Labute approximate surface area is 82.1 Å². The lowest BCUT2D eigenvalue weighted by molar-refractivity contribution is 0.140. The van der Waals surface area contributed by atoms with Crippen LogP contribution in [0.25, 0.3) is 0 Å². The summed E-state index contributed by atoms with van der Waals surface area (Å²) in [6.07, 6.45) is -1.61. The van der Waals surface area contributed by atoms with Gasteiger partial charge in [-0.15, -0.1) is 0 Å². The van der Waals surface area contributed by atoms with E-state index in [0.29, 0.717) is 5.56 Å². The molecule has 0 unspecified atom stereocenters. The molecule has 1 rings (SSSR count). The van der Waals surface area contributed by atoms with E-state index in [0.717, 1.165) is 0 Å². The minimum absolute atomic E-state index is 0.215. The lowest BCUT2D eigenvalue weighted by Crippen LogP contribution is -2.01. The Balaban J connectivity index is 3.27. The molecule has 0 aliphatic carbocycles. The second-order valence-corrected chi connectivity index (χ2v) is 3.11. The number of hydrogen-bond donors (Lipinski definition) is 0. The van der Waals surface area contributed by atoms with Gasteiger partial charge in [-0.3, -0.25) is 4.98 Å². The van der Waals surface area contributed by atoms with E-state index in [-0.39, 0.29) is 10.9 Å². The van der Waals surface area contributed by atoms with Gasteiger partial charge in [-0.25, -0.2) is 13.2 Å². The Morgan fingerprint density at radius 1 is 1.54 bits per heavy atom. The molecule has 0 bridgehead atoms. The van der Waals surface area contributed by atoms with Crippen LogP contribution in [0.3, 0.4) is 0 Å². The summed E-state index contributed by atoms with van der Waals surface area (Å²) in [6.45, 7) is 1.63. The van der Waals surface area contributed by atoms with Gasteiger partial charge in [0.05, 0.1) is 0 Å². The zero-order valence-electron chi connectivity index (χ0n) is 6.82. The molecule has 72 valence electrons. The average Bonchev–Trinajstić information content (AvgIpc) is 2.04. The maximum absolute atomic E-state index is 13.2. The number of pyridine rings is 1. The highest BCUT2D eigenvalue weighted by atomic mass is 79.9. The smallest absolute Gasteiger partial charge is 0.252 e. The highest BCUT2D eigenvalue weighted by molar-refractivity contribution is 9.08. The zero-order chi connectivity index (χ0) is 10.0. The quantitative estimate of drug-likeness (QED) is 0.737. The summed E-state index contributed by atoms with van der Waals surface area (Å²) < 4.78 is 37.5. The van der Waals surface area contributed by atoms with Crippen molar-refractivity contribution in [1.29, 1.82) is 0 Å². The lowest BCUT2D eigenvalue weighted by Gasteiger charge is -2.07. The molecule has 0 fully saturated rings. The van der Waals surface area contributed by atoms with Crippen LogP contribution in [-0.2, 0) is 5.33 Å². The molecule has 0 aliphatic rings. The van der Waals surface area contributed by atoms with Crippen molar-refractivity contribution in [3.05, 3.63) is 28.8 Å². The highest BCUT2D eigenvalue weighted by Crippen LogP contribution is 2.24. The van der Waals surface area contributed by atoms with Crippen molar-refractivity contribution in [2.24, 2.45) is 0 Å². The summed E-state index contributed by atoms with van der Waals surface area (Å²) in [5.74, 6) is -0.910. The normalized spacial score (nSPS) is 10.9. The van der Waals surface area contributed by atoms with Crippen molar-refractivity contribution in [2.75, 3.05) is 0 Å². The SMILES string of the molecule is Cc1cnc(C(F)F)c(F)c1CBr. The van der Waals surface area contributed by atoms with Crippen molar-refractivity contribution in [2.45, 2.75) is 18.7 Å². The van der Waals surface area contributed by atoms with Gasteiger partial charge < -0.3 is 0 Å². The average molecular weight is 254 g/mol. The van der Waals surface area contributed by atoms with Crippen molar-refractivity contribution in [1.82, 2.24) is 4.98 Å². The molecule has 0 saturated carbocycles. The standard InChI is InChI=1S/C8H7BrF3N/c1-4-3-13-7(8(11)12)6(10)5(4)2-9/h3,8H,2H2,1H3. The highest BCUT2D eigenvalue weighted by Gasteiger charge is 2.18. The van der Waals surface area contributed by atoms with Gasteiger partial charge in [-0.1, -0.05) is 15.9 Å². The molecule has 1 aromatic heterocycles. The molecule has 13 heavy (non-hydrogen) atoms. The predicted octanol–water partition coefficient (Wildman–Crippen LogP) is 3.36. The van der Waals surface area contributed by atoms with Gasteiger partial charge in [0, 0.05) is 17.1 Å². The number of rotatable bonds is 2. The molecule has 0 radical (unpaired) electrons. The van der Waals surface area contributed by atoms with Crippen LogP contribution in [-0.4, -0.2) is 4.98 Å². The molecule has 0 aliphatic heterocycles. The van der Waals surface area contributed by atoms with Crippen molar-refractivity contribution >= 4 is 15.9 Å². The van der Waals surface area contributed by atoms with E-state index in [4.69, 9.17) is 0 Å². The molecule has 0 amide bonds. The Kier molecular flexibility index (Phi) is 3.30. The summed E-state index contributed by atoms with van der Waals surface area (Å²) in [5, 5.41) is 0.215. The second kappa shape index (κ2) is 4.09. The first kappa shape index (κ1) is 10.5. The van der Waals surface area contributed by atoms with Crippen LogP contribution in [0, 0.1) is 12.7 Å². The van der Waals surface area contributed by atoms with Crippen molar-refractivity contribution in [3.63, 3.8) is 0 Å². The summed E-state index contributed by atoms with van der Waals surface area (Å²) >= 11 is 3.03. The zero-order valence-corrected chi connectivity index (χ0v) is 8.41. The molecule has 0 N–H and O–H groups in total. The number of aromatic nitrogens is 1. The van der Waals surface area contributed by atoms with Gasteiger partial charge in [-0.05, 0) is 12.5 Å². The van der Waals surface area contributed by atoms with E-state index < -0.39 is 17.9 Å². The Morgan fingerprint density at radius 2 is 2.15 bits per heavy atom. The van der Waals surface area contributed by atoms with Gasteiger partial charge in [-0.2, -0.15) is 0 Å². The van der Waals surface area contributed by atoms with Crippen LogP contribution in [0.15, 0.2) is 6.20 Å². The third kappa shape index (κ3) is 2.02. The van der Waals surface area contributed by atoms with Crippen LogP contribution in [0.2, 0.25) is 0 Å². The van der Waals surface area contributed by atoms with Gasteiger partial charge in [0.1, 0.15) is 5.69 Å². The van der Waals surface area contributed by atoms with E-state index >= 15 is 0 Å². The van der Waals surface area contributed by atoms with Gasteiger partial charge in [0.25, 0.3) is 6.43 Å². The van der Waals surface area contributed by atoms with E-state index in [2.05, 4.69) is 20.9 Å². The van der Waals surface area contributed by atoms with Crippen LogP contribution < -0.4 is 0 Å². The van der Waals surface area contributed by atoms with E-state index in [1.807, 2.05) is 0 Å². The maximum atomic E-state index is 13.2. The van der Waals surface area contributed by atoms with Crippen LogP contribution in [0.1, 0.15) is 23.2 Å². The largest absolute Gasteiger partial charge is 0.283 e. The number of aryl methyl sites for hydroxylation is 1. The predicted molar refractivity (Wildman–Crippen MR) is 46.5 cm³/mol. The fourth-order valence-corrected chi connectivity index (χ4v) is 1.63. The molecular weight excluding hydrogens is 247 g/mol. The maximum Gasteiger partial charge on any atom is 0.283 e. The number of hydrogen-bond acceptors (Lipinski definition) is 1. The first-order chi connectivity index (χ1) is 6.07. The Hall–Kier alpha value is -0.580. The monoisotopic (exact) mass is 253 g/mol. The molecule has 0 atom stereocenters.